The average Bonchev–Trinajstić information content (AvgIpc) is 2.80. The van der Waals surface area contributed by atoms with Gasteiger partial charge < -0.3 is 4.57 Å². The summed E-state index contributed by atoms with van der Waals surface area (Å²) in [5.41, 5.74) is 2.70. The standard InChI is InChI=1S/C13H12N4O/c1-16-8-9(7-14-16)12-13(18)17(2)11-6-4-3-5-10(11)15-12/h3-8H,1-2H3. The number of hydrogen-bond acceptors (Lipinski definition) is 3. The quantitative estimate of drug-likeness (QED) is 0.645. The molecule has 0 saturated carbocycles. The molecule has 5 heteroatoms. The average molecular weight is 240 g/mol. The van der Waals surface area contributed by atoms with E-state index >= 15 is 0 Å². The van der Waals surface area contributed by atoms with E-state index in [1.165, 1.54) is 0 Å². The number of nitrogens with zero attached hydrogens (tertiary/aromatic N) is 4. The Morgan fingerprint density at radius 3 is 2.67 bits per heavy atom. The lowest BCUT2D eigenvalue weighted by Crippen LogP contribution is -2.20. The van der Waals surface area contributed by atoms with E-state index in [1.54, 1.807) is 28.7 Å². The predicted molar refractivity (Wildman–Crippen MR) is 69.2 cm³/mol. The van der Waals surface area contributed by atoms with Crippen molar-refractivity contribution in [1.82, 2.24) is 19.3 Å². The van der Waals surface area contributed by atoms with Crippen LogP contribution in [-0.4, -0.2) is 19.3 Å². The second-order valence-electron chi connectivity index (χ2n) is 4.22. The highest BCUT2D eigenvalue weighted by molar-refractivity contribution is 5.77. The highest BCUT2D eigenvalue weighted by atomic mass is 16.1. The van der Waals surface area contributed by atoms with Crippen LogP contribution in [0.25, 0.3) is 22.3 Å². The van der Waals surface area contributed by atoms with Gasteiger partial charge in [-0.1, -0.05) is 12.1 Å². The maximum Gasteiger partial charge on any atom is 0.277 e. The summed E-state index contributed by atoms with van der Waals surface area (Å²) in [5, 5.41) is 4.07. The molecule has 3 rings (SSSR count). The van der Waals surface area contributed by atoms with Crippen LogP contribution in [0, 0.1) is 0 Å². The van der Waals surface area contributed by atoms with Gasteiger partial charge in [-0.15, -0.1) is 0 Å². The Labute approximate surface area is 103 Å². The third kappa shape index (κ3) is 1.52. The predicted octanol–water partition coefficient (Wildman–Crippen LogP) is 1.33. The SMILES string of the molecule is Cn1cc(-c2nc3ccccc3n(C)c2=O)cn1. The summed E-state index contributed by atoms with van der Waals surface area (Å²) in [5.74, 6) is 0. The normalized spacial score (nSPS) is 11.0. The van der Waals surface area contributed by atoms with Gasteiger partial charge in [-0.2, -0.15) is 5.10 Å². The maximum absolute atomic E-state index is 12.3. The fourth-order valence-corrected chi connectivity index (χ4v) is 2.01. The van der Waals surface area contributed by atoms with Gasteiger partial charge in [-0.3, -0.25) is 9.48 Å². The van der Waals surface area contributed by atoms with E-state index in [-0.39, 0.29) is 5.56 Å². The number of aryl methyl sites for hydroxylation is 2. The topological polar surface area (TPSA) is 52.7 Å². The first kappa shape index (κ1) is 10.7. The molecule has 90 valence electrons. The molecule has 0 unspecified atom stereocenters. The van der Waals surface area contributed by atoms with Gasteiger partial charge >= 0.3 is 0 Å². The molecule has 0 aliphatic rings. The molecule has 3 aromatic rings. The van der Waals surface area contributed by atoms with Crippen LogP contribution in [-0.2, 0) is 14.1 Å². The Bertz CT molecular complexity index is 785. The van der Waals surface area contributed by atoms with Gasteiger partial charge in [0.25, 0.3) is 5.56 Å². The number of para-hydroxylation sites is 2. The summed E-state index contributed by atoms with van der Waals surface area (Å²) in [6.07, 6.45) is 3.44. The van der Waals surface area contributed by atoms with Crippen LogP contribution in [0.2, 0.25) is 0 Å². The Morgan fingerprint density at radius 2 is 1.94 bits per heavy atom. The van der Waals surface area contributed by atoms with Gasteiger partial charge in [0.1, 0.15) is 5.69 Å². The molecule has 0 aliphatic carbocycles. The Hall–Kier alpha value is -2.43. The molecular formula is C13H12N4O. The van der Waals surface area contributed by atoms with Gasteiger partial charge in [-0.25, -0.2) is 4.98 Å². The summed E-state index contributed by atoms with van der Waals surface area (Å²) in [4.78, 5) is 16.7. The van der Waals surface area contributed by atoms with Crippen molar-refractivity contribution in [2.75, 3.05) is 0 Å². The zero-order valence-corrected chi connectivity index (χ0v) is 10.2. The smallest absolute Gasteiger partial charge is 0.277 e. The van der Waals surface area contributed by atoms with E-state index in [9.17, 15) is 4.79 Å². The lowest BCUT2D eigenvalue weighted by molar-refractivity contribution is 0.768. The van der Waals surface area contributed by atoms with Gasteiger partial charge in [0, 0.05) is 25.9 Å². The molecule has 0 spiro atoms. The molecule has 1 aromatic carbocycles. The Morgan fingerprint density at radius 1 is 1.17 bits per heavy atom. The number of fused-ring (bicyclic) bond motifs is 1. The first-order valence-electron chi connectivity index (χ1n) is 5.61. The zero-order chi connectivity index (χ0) is 12.7. The maximum atomic E-state index is 12.3. The van der Waals surface area contributed by atoms with Gasteiger partial charge in [0.15, 0.2) is 0 Å². The Balaban J connectivity index is 2.37. The van der Waals surface area contributed by atoms with Crippen molar-refractivity contribution >= 4 is 11.0 Å². The van der Waals surface area contributed by atoms with E-state index in [0.717, 1.165) is 16.6 Å². The molecule has 2 aromatic heterocycles. The molecular weight excluding hydrogens is 228 g/mol. The molecule has 0 aliphatic heterocycles. The second-order valence-corrected chi connectivity index (χ2v) is 4.22. The van der Waals surface area contributed by atoms with Crippen LogP contribution in [0.4, 0.5) is 0 Å². The van der Waals surface area contributed by atoms with Crippen molar-refractivity contribution in [3.8, 4) is 11.3 Å². The van der Waals surface area contributed by atoms with Crippen LogP contribution in [0.5, 0.6) is 0 Å². The summed E-state index contributed by atoms with van der Waals surface area (Å²) in [6.45, 7) is 0. The number of hydrogen-bond donors (Lipinski definition) is 0. The lowest BCUT2D eigenvalue weighted by Gasteiger charge is -2.06. The third-order valence-electron chi connectivity index (χ3n) is 2.96. The molecule has 0 N–H and O–H groups in total. The molecule has 18 heavy (non-hydrogen) atoms. The van der Waals surface area contributed by atoms with Crippen molar-refractivity contribution in [2.24, 2.45) is 14.1 Å². The van der Waals surface area contributed by atoms with Crippen molar-refractivity contribution in [3.05, 3.63) is 47.0 Å². The second kappa shape index (κ2) is 3.80. The summed E-state index contributed by atoms with van der Waals surface area (Å²) in [7, 11) is 3.57. The molecule has 2 heterocycles. The van der Waals surface area contributed by atoms with Gasteiger partial charge in [0.05, 0.1) is 17.2 Å². The van der Waals surface area contributed by atoms with Crippen LogP contribution < -0.4 is 5.56 Å². The van der Waals surface area contributed by atoms with E-state index in [4.69, 9.17) is 0 Å². The van der Waals surface area contributed by atoms with Crippen molar-refractivity contribution in [1.29, 1.82) is 0 Å². The monoisotopic (exact) mass is 240 g/mol. The highest BCUT2D eigenvalue weighted by Crippen LogP contribution is 2.15. The summed E-state index contributed by atoms with van der Waals surface area (Å²) < 4.78 is 3.27. The van der Waals surface area contributed by atoms with Crippen LogP contribution in [0.3, 0.4) is 0 Å². The van der Waals surface area contributed by atoms with E-state index in [2.05, 4.69) is 10.1 Å². The third-order valence-corrected chi connectivity index (χ3v) is 2.96. The lowest BCUT2D eigenvalue weighted by atomic mass is 10.2. The van der Waals surface area contributed by atoms with E-state index in [0.29, 0.717) is 5.69 Å². The largest absolute Gasteiger partial charge is 0.308 e. The van der Waals surface area contributed by atoms with E-state index in [1.807, 2.05) is 31.3 Å². The molecule has 0 fully saturated rings. The number of aromatic nitrogens is 4. The van der Waals surface area contributed by atoms with Gasteiger partial charge in [-0.05, 0) is 12.1 Å². The summed E-state index contributed by atoms with van der Waals surface area (Å²) >= 11 is 0. The zero-order valence-electron chi connectivity index (χ0n) is 10.2. The first-order valence-corrected chi connectivity index (χ1v) is 5.61. The minimum Gasteiger partial charge on any atom is -0.308 e. The molecule has 0 radical (unpaired) electrons. The van der Waals surface area contributed by atoms with Crippen LogP contribution >= 0.6 is 0 Å². The fraction of sp³-hybridized carbons (Fsp3) is 0.154. The van der Waals surface area contributed by atoms with Crippen molar-refractivity contribution in [3.63, 3.8) is 0 Å². The van der Waals surface area contributed by atoms with Crippen LogP contribution in [0.15, 0.2) is 41.5 Å². The molecule has 0 amide bonds. The molecule has 0 atom stereocenters. The molecule has 5 nitrogen and oxygen atoms in total. The van der Waals surface area contributed by atoms with Crippen molar-refractivity contribution < 1.29 is 0 Å². The molecule has 0 saturated heterocycles. The fourth-order valence-electron chi connectivity index (χ4n) is 2.01. The van der Waals surface area contributed by atoms with Crippen LogP contribution in [0.1, 0.15) is 0 Å². The molecule has 0 bridgehead atoms. The van der Waals surface area contributed by atoms with Gasteiger partial charge in [0.2, 0.25) is 0 Å². The van der Waals surface area contributed by atoms with E-state index < -0.39 is 0 Å². The minimum absolute atomic E-state index is 0.110. The highest BCUT2D eigenvalue weighted by Gasteiger charge is 2.11. The minimum atomic E-state index is -0.110. The van der Waals surface area contributed by atoms with Crippen molar-refractivity contribution in [2.45, 2.75) is 0 Å². The number of rotatable bonds is 1. The Kier molecular flexibility index (Phi) is 2.26. The number of benzene rings is 1. The summed E-state index contributed by atoms with van der Waals surface area (Å²) in [6, 6.07) is 7.59. The first-order chi connectivity index (χ1) is 8.66.